The second-order valence-corrected chi connectivity index (χ2v) is 5.81. The van der Waals surface area contributed by atoms with E-state index in [0.717, 1.165) is 14.6 Å². The Bertz CT molecular complexity index is 677. The number of carbonyl (C=O) groups is 1. The van der Waals surface area contributed by atoms with Gasteiger partial charge in [-0.1, -0.05) is 0 Å². The molecule has 2 aromatic rings. The molecule has 1 aromatic carbocycles. The molecule has 0 saturated carbocycles. The number of ether oxygens (including phenoxy) is 1. The number of hydrogen-bond acceptors (Lipinski definition) is 4. The maximum Gasteiger partial charge on any atom is 0.274 e. The first-order chi connectivity index (χ1) is 10.0. The number of aromatic nitrogens is 1. The SMILES string of the molecule is CNc1ccnc(C(=O)Nc2cc(OC)c(Br)cc2Br)c1. The van der Waals surface area contributed by atoms with Gasteiger partial charge < -0.3 is 15.4 Å². The Morgan fingerprint density at radius 1 is 1.24 bits per heavy atom. The van der Waals surface area contributed by atoms with Crippen molar-refractivity contribution in [1.82, 2.24) is 4.98 Å². The van der Waals surface area contributed by atoms with E-state index < -0.39 is 0 Å². The van der Waals surface area contributed by atoms with E-state index in [1.807, 2.05) is 6.07 Å². The van der Waals surface area contributed by atoms with Crippen LogP contribution < -0.4 is 15.4 Å². The van der Waals surface area contributed by atoms with Crippen LogP contribution in [0.4, 0.5) is 11.4 Å². The van der Waals surface area contributed by atoms with Crippen molar-refractivity contribution in [3.05, 3.63) is 45.1 Å². The molecule has 2 N–H and O–H groups in total. The van der Waals surface area contributed by atoms with E-state index in [1.54, 1.807) is 38.6 Å². The lowest BCUT2D eigenvalue weighted by molar-refractivity contribution is 0.102. The molecule has 0 atom stereocenters. The summed E-state index contributed by atoms with van der Waals surface area (Å²) in [6, 6.07) is 7.01. The molecule has 0 spiro atoms. The summed E-state index contributed by atoms with van der Waals surface area (Å²) in [5.41, 5.74) is 1.76. The van der Waals surface area contributed by atoms with E-state index in [0.29, 0.717) is 17.1 Å². The van der Waals surface area contributed by atoms with Gasteiger partial charge in [-0.3, -0.25) is 9.78 Å². The maximum absolute atomic E-state index is 12.2. The summed E-state index contributed by atoms with van der Waals surface area (Å²) in [4.78, 5) is 16.3. The number of amides is 1. The van der Waals surface area contributed by atoms with Crippen LogP contribution in [0.1, 0.15) is 10.5 Å². The number of halogens is 2. The zero-order valence-electron chi connectivity index (χ0n) is 11.4. The standard InChI is InChI=1S/C14H13Br2N3O2/c1-17-8-3-4-18-12(5-8)14(20)19-11-7-13(21-2)10(16)6-9(11)15/h3-7H,1-2H3,(H,17,18)(H,19,20). The highest BCUT2D eigenvalue weighted by atomic mass is 79.9. The summed E-state index contributed by atoms with van der Waals surface area (Å²) in [6.07, 6.45) is 1.58. The maximum atomic E-state index is 12.2. The fraction of sp³-hybridized carbons (Fsp3) is 0.143. The van der Waals surface area contributed by atoms with Crippen molar-refractivity contribution in [2.45, 2.75) is 0 Å². The molecule has 1 aromatic heterocycles. The van der Waals surface area contributed by atoms with Crippen LogP contribution in [0.15, 0.2) is 39.4 Å². The average Bonchev–Trinajstić information content (AvgIpc) is 2.50. The third-order valence-electron chi connectivity index (χ3n) is 2.77. The van der Waals surface area contributed by atoms with Crippen LogP contribution in [0, 0.1) is 0 Å². The molecular formula is C14H13Br2N3O2. The summed E-state index contributed by atoms with van der Waals surface area (Å²) in [5, 5.41) is 5.77. The first-order valence-corrected chi connectivity index (χ1v) is 7.62. The van der Waals surface area contributed by atoms with Crippen LogP contribution in [-0.2, 0) is 0 Å². The van der Waals surface area contributed by atoms with Gasteiger partial charge >= 0.3 is 0 Å². The molecule has 0 saturated heterocycles. The van der Waals surface area contributed by atoms with E-state index in [4.69, 9.17) is 4.74 Å². The third kappa shape index (κ3) is 3.74. The molecule has 1 amide bonds. The highest BCUT2D eigenvalue weighted by molar-refractivity contribution is 9.11. The highest BCUT2D eigenvalue weighted by Gasteiger charge is 2.13. The summed E-state index contributed by atoms with van der Waals surface area (Å²) in [7, 11) is 3.35. The van der Waals surface area contributed by atoms with Crippen LogP contribution in [0.3, 0.4) is 0 Å². The van der Waals surface area contributed by atoms with Gasteiger partial charge in [0.05, 0.1) is 17.3 Å². The predicted octanol–water partition coefficient (Wildman–Crippen LogP) is 3.91. The number of nitrogens with one attached hydrogen (secondary N) is 2. The van der Waals surface area contributed by atoms with Gasteiger partial charge in [-0.2, -0.15) is 0 Å². The van der Waals surface area contributed by atoms with Gasteiger partial charge in [0.25, 0.3) is 5.91 Å². The topological polar surface area (TPSA) is 63.2 Å². The Morgan fingerprint density at radius 3 is 2.67 bits per heavy atom. The zero-order valence-corrected chi connectivity index (χ0v) is 14.6. The van der Waals surface area contributed by atoms with Crippen molar-refractivity contribution in [3.8, 4) is 5.75 Å². The molecule has 7 heteroatoms. The number of pyridine rings is 1. The summed E-state index contributed by atoms with van der Waals surface area (Å²) >= 11 is 6.79. The Morgan fingerprint density at radius 2 is 2.00 bits per heavy atom. The van der Waals surface area contributed by atoms with E-state index in [9.17, 15) is 4.79 Å². The number of hydrogen-bond donors (Lipinski definition) is 2. The first-order valence-electron chi connectivity index (χ1n) is 6.03. The minimum absolute atomic E-state index is 0.294. The number of methoxy groups -OCH3 is 1. The lowest BCUT2D eigenvalue weighted by Crippen LogP contribution is -2.14. The number of anilines is 2. The molecule has 5 nitrogen and oxygen atoms in total. The Kier molecular flexibility index (Phi) is 5.19. The third-order valence-corrected chi connectivity index (χ3v) is 4.05. The van der Waals surface area contributed by atoms with Crippen LogP contribution in [0.2, 0.25) is 0 Å². The molecular weight excluding hydrogens is 402 g/mol. The van der Waals surface area contributed by atoms with E-state index in [-0.39, 0.29) is 5.91 Å². The average molecular weight is 415 g/mol. The highest BCUT2D eigenvalue weighted by Crippen LogP contribution is 2.34. The summed E-state index contributed by atoms with van der Waals surface area (Å²) < 4.78 is 6.76. The summed E-state index contributed by atoms with van der Waals surface area (Å²) in [6.45, 7) is 0. The van der Waals surface area contributed by atoms with Crippen LogP contribution in [0.5, 0.6) is 5.75 Å². The van der Waals surface area contributed by atoms with Crippen molar-refractivity contribution in [2.24, 2.45) is 0 Å². The zero-order chi connectivity index (χ0) is 15.4. The Labute approximate surface area is 139 Å². The van der Waals surface area contributed by atoms with Crippen molar-refractivity contribution in [2.75, 3.05) is 24.8 Å². The molecule has 0 aliphatic heterocycles. The van der Waals surface area contributed by atoms with Crippen molar-refractivity contribution >= 4 is 49.1 Å². The second-order valence-electron chi connectivity index (χ2n) is 4.10. The van der Waals surface area contributed by atoms with Gasteiger partial charge in [-0.05, 0) is 50.1 Å². The molecule has 0 unspecified atom stereocenters. The van der Waals surface area contributed by atoms with Crippen molar-refractivity contribution < 1.29 is 9.53 Å². The Balaban J connectivity index is 2.26. The van der Waals surface area contributed by atoms with Crippen molar-refractivity contribution in [3.63, 3.8) is 0 Å². The van der Waals surface area contributed by atoms with E-state index in [1.165, 1.54) is 0 Å². The molecule has 0 radical (unpaired) electrons. The molecule has 0 bridgehead atoms. The Hall–Kier alpha value is -1.60. The predicted molar refractivity (Wildman–Crippen MR) is 90.1 cm³/mol. The molecule has 1 heterocycles. The molecule has 110 valence electrons. The molecule has 0 aliphatic rings. The molecule has 21 heavy (non-hydrogen) atoms. The number of carbonyl (C=O) groups excluding carboxylic acids is 1. The fourth-order valence-electron chi connectivity index (χ4n) is 1.68. The fourth-order valence-corrected chi connectivity index (χ4v) is 2.93. The minimum atomic E-state index is -0.294. The number of nitrogens with zero attached hydrogens (tertiary/aromatic N) is 1. The lowest BCUT2D eigenvalue weighted by atomic mass is 10.2. The van der Waals surface area contributed by atoms with Gasteiger partial charge in [-0.25, -0.2) is 0 Å². The van der Waals surface area contributed by atoms with Crippen LogP contribution in [-0.4, -0.2) is 25.0 Å². The van der Waals surface area contributed by atoms with E-state index in [2.05, 4.69) is 47.5 Å². The molecule has 2 rings (SSSR count). The summed E-state index contributed by atoms with van der Waals surface area (Å²) in [5.74, 6) is 0.336. The van der Waals surface area contributed by atoms with Crippen LogP contribution >= 0.6 is 31.9 Å². The van der Waals surface area contributed by atoms with Crippen LogP contribution in [0.25, 0.3) is 0 Å². The smallest absolute Gasteiger partial charge is 0.274 e. The number of rotatable bonds is 4. The molecule has 0 fully saturated rings. The monoisotopic (exact) mass is 413 g/mol. The largest absolute Gasteiger partial charge is 0.495 e. The normalized spacial score (nSPS) is 10.1. The van der Waals surface area contributed by atoms with Gasteiger partial charge in [0.1, 0.15) is 11.4 Å². The first kappa shape index (κ1) is 15.8. The second kappa shape index (κ2) is 6.91. The molecule has 0 aliphatic carbocycles. The van der Waals surface area contributed by atoms with Crippen molar-refractivity contribution in [1.29, 1.82) is 0 Å². The van der Waals surface area contributed by atoms with Gasteiger partial charge in [0.15, 0.2) is 0 Å². The van der Waals surface area contributed by atoms with Gasteiger partial charge in [-0.15, -0.1) is 0 Å². The number of benzene rings is 1. The quantitative estimate of drug-likeness (QED) is 0.796. The lowest BCUT2D eigenvalue weighted by Gasteiger charge is -2.11. The van der Waals surface area contributed by atoms with Gasteiger partial charge in [0.2, 0.25) is 0 Å². The van der Waals surface area contributed by atoms with E-state index >= 15 is 0 Å². The minimum Gasteiger partial charge on any atom is -0.495 e. The van der Waals surface area contributed by atoms with Gasteiger partial charge in [0, 0.05) is 29.5 Å².